The summed E-state index contributed by atoms with van der Waals surface area (Å²) in [6, 6.07) is 0. The van der Waals surface area contributed by atoms with Crippen molar-refractivity contribution >= 4 is 5.95 Å². The summed E-state index contributed by atoms with van der Waals surface area (Å²) >= 11 is 0. The Kier molecular flexibility index (Phi) is 4.59. The van der Waals surface area contributed by atoms with Crippen LogP contribution in [0.4, 0.5) is 5.95 Å². The summed E-state index contributed by atoms with van der Waals surface area (Å²) in [7, 11) is 0. The van der Waals surface area contributed by atoms with Gasteiger partial charge in [0, 0.05) is 19.0 Å². The van der Waals surface area contributed by atoms with Gasteiger partial charge in [0.05, 0.1) is 0 Å². The van der Waals surface area contributed by atoms with E-state index in [0.29, 0.717) is 5.92 Å². The highest BCUT2D eigenvalue weighted by Crippen LogP contribution is 2.23. The third-order valence-corrected chi connectivity index (χ3v) is 2.78. The van der Waals surface area contributed by atoms with Gasteiger partial charge in [-0.05, 0) is 26.7 Å². The van der Waals surface area contributed by atoms with Gasteiger partial charge in [0.25, 0.3) is 0 Å². The van der Waals surface area contributed by atoms with E-state index >= 15 is 0 Å². The van der Waals surface area contributed by atoms with Crippen molar-refractivity contribution in [1.29, 1.82) is 0 Å². The summed E-state index contributed by atoms with van der Waals surface area (Å²) in [5, 5.41) is 11.7. The molecule has 0 bridgehead atoms. The first-order chi connectivity index (χ1) is 7.28. The lowest BCUT2D eigenvalue weighted by atomic mass is 10.0. The predicted molar refractivity (Wildman–Crippen MR) is 63.2 cm³/mol. The van der Waals surface area contributed by atoms with Gasteiger partial charge in [-0.2, -0.15) is 0 Å². The second kappa shape index (κ2) is 5.73. The molecule has 1 N–H and O–H groups in total. The molecule has 0 aromatic carbocycles. The van der Waals surface area contributed by atoms with E-state index in [1.54, 1.807) is 0 Å². The molecular weight excluding hydrogens is 188 g/mol. The molecule has 0 saturated carbocycles. The quantitative estimate of drug-likeness (QED) is 0.785. The number of nitrogens with one attached hydrogen (secondary N) is 1. The molecular formula is C11H22N4. The first kappa shape index (κ1) is 12.0. The molecule has 0 aliphatic carbocycles. The summed E-state index contributed by atoms with van der Waals surface area (Å²) < 4.78 is 2.18. The Hall–Kier alpha value is -1.06. The Morgan fingerprint density at radius 2 is 1.80 bits per heavy atom. The molecule has 0 fully saturated rings. The van der Waals surface area contributed by atoms with Gasteiger partial charge in [0.15, 0.2) is 0 Å². The molecule has 0 atom stereocenters. The van der Waals surface area contributed by atoms with E-state index in [9.17, 15) is 0 Å². The SMILES string of the molecule is CCNc1nnc(C(CC)CC)n1CC. The van der Waals surface area contributed by atoms with Crippen molar-refractivity contribution in [1.82, 2.24) is 14.8 Å². The molecule has 4 nitrogen and oxygen atoms in total. The van der Waals surface area contributed by atoms with Gasteiger partial charge in [0.2, 0.25) is 5.95 Å². The maximum absolute atomic E-state index is 4.30. The average Bonchev–Trinajstić information content (AvgIpc) is 2.64. The molecule has 1 heterocycles. The van der Waals surface area contributed by atoms with Crippen LogP contribution >= 0.6 is 0 Å². The molecule has 1 aromatic heterocycles. The normalized spacial score (nSPS) is 11.0. The van der Waals surface area contributed by atoms with Crippen molar-refractivity contribution in [3.8, 4) is 0 Å². The van der Waals surface area contributed by atoms with Gasteiger partial charge < -0.3 is 5.32 Å². The molecule has 0 aliphatic rings. The van der Waals surface area contributed by atoms with E-state index in [-0.39, 0.29) is 0 Å². The summed E-state index contributed by atoms with van der Waals surface area (Å²) in [6.45, 7) is 10.4. The van der Waals surface area contributed by atoms with Gasteiger partial charge in [-0.15, -0.1) is 10.2 Å². The second-order valence-corrected chi connectivity index (χ2v) is 3.67. The van der Waals surface area contributed by atoms with Gasteiger partial charge in [-0.1, -0.05) is 13.8 Å². The van der Waals surface area contributed by atoms with Crippen molar-refractivity contribution in [2.24, 2.45) is 0 Å². The Bertz CT molecular complexity index is 289. The van der Waals surface area contributed by atoms with Gasteiger partial charge in [-0.25, -0.2) is 0 Å². The molecule has 0 radical (unpaired) electrons. The number of anilines is 1. The maximum atomic E-state index is 4.30. The van der Waals surface area contributed by atoms with Crippen LogP contribution in [-0.4, -0.2) is 21.3 Å². The van der Waals surface area contributed by atoms with Crippen molar-refractivity contribution < 1.29 is 0 Å². The zero-order chi connectivity index (χ0) is 11.3. The predicted octanol–water partition coefficient (Wildman–Crippen LogP) is 2.63. The Balaban J connectivity index is 2.96. The van der Waals surface area contributed by atoms with E-state index in [1.165, 1.54) is 0 Å². The minimum absolute atomic E-state index is 0.532. The lowest BCUT2D eigenvalue weighted by molar-refractivity contribution is 0.558. The Morgan fingerprint density at radius 3 is 2.27 bits per heavy atom. The molecule has 1 aromatic rings. The van der Waals surface area contributed by atoms with Crippen LogP contribution in [0.25, 0.3) is 0 Å². The molecule has 15 heavy (non-hydrogen) atoms. The first-order valence-corrected chi connectivity index (χ1v) is 5.95. The topological polar surface area (TPSA) is 42.7 Å². The van der Waals surface area contributed by atoms with Crippen LogP contribution in [0.1, 0.15) is 52.3 Å². The fourth-order valence-electron chi connectivity index (χ4n) is 1.87. The Morgan fingerprint density at radius 1 is 1.13 bits per heavy atom. The molecule has 0 saturated heterocycles. The molecule has 0 unspecified atom stereocenters. The molecule has 1 rings (SSSR count). The van der Waals surface area contributed by atoms with Crippen LogP contribution in [0.15, 0.2) is 0 Å². The number of hydrogen-bond donors (Lipinski definition) is 1. The van der Waals surface area contributed by atoms with E-state index in [0.717, 1.165) is 37.7 Å². The summed E-state index contributed by atoms with van der Waals surface area (Å²) in [5.41, 5.74) is 0. The van der Waals surface area contributed by atoms with Crippen LogP contribution in [0.3, 0.4) is 0 Å². The first-order valence-electron chi connectivity index (χ1n) is 5.95. The highest BCUT2D eigenvalue weighted by molar-refractivity contribution is 5.26. The monoisotopic (exact) mass is 210 g/mol. The van der Waals surface area contributed by atoms with Crippen molar-refractivity contribution in [3.05, 3.63) is 5.82 Å². The van der Waals surface area contributed by atoms with Gasteiger partial charge in [-0.3, -0.25) is 4.57 Å². The lowest BCUT2D eigenvalue weighted by Gasteiger charge is -2.13. The molecule has 4 heteroatoms. The van der Waals surface area contributed by atoms with Crippen LogP contribution < -0.4 is 5.32 Å². The molecule has 86 valence electrons. The second-order valence-electron chi connectivity index (χ2n) is 3.67. The highest BCUT2D eigenvalue weighted by Gasteiger charge is 2.16. The fraction of sp³-hybridized carbons (Fsp3) is 0.818. The number of nitrogens with zero attached hydrogens (tertiary/aromatic N) is 3. The van der Waals surface area contributed by atoms with E-state index in [4.69, 9.17) is 0 Å². The van der Waals surface area contributed by atoms with Crippen LogP contribution in [0, 0.1) is 0 Å². The maximum Gasteiger partial charge on any atom is 0.224 e. The third kappa shape index (κ3) is 2.49. The average molecular weight is 210 g/mol. The van der Waals surface area contributed by atoms with E-state index in [2.05, 4.69) is 47.8 Å². The zero-order valence-electron chi connectivity index (χ0n) is 10.2. The molecule has 0 amide bonds. The van der Waals surface area contributed by atoms with Gasteiger partial charge in [0.1, 0.15) is 5.82 Å². The minimum atomic E-state index is 0.532. The largest absolute Gasteiger partial charge is 0.355 e. The molecule has 0 aliphatic heterocycles. The molecule has 0 spiro atoms. The number of hydrogen-bond acceptors (Lipinski definition) is 3. The standard InChI is InChI=1S/C11H22N4/c1-5-9(6-2)10-13-14-11(12-7-3)15(10)8-4/h9H,5-8H2,1-4H3,(H,12,14). The number of aromatic nitrogens is 3. The van der Waals surface area contributed by atoms with E-state index < -0.39 is 0 Å². The van der Waals surface area contributed by atoms with Crippen molar-refractivity contribution in [2.45, 2.75) is 53.0 Å². The zero-order valence-corrected chi connectivity index (χ0v) is 10.2. The smallest absolute Gasteiger partial charge is 0.224 e. The van der Waals surface area contributed by atoms with E-state index in [1.807, 2.05) is 0 Å². The van der Waals surface area contributed by atoms with Gasteiger partial charge >= 0.3 is 0 Å². The lowest BCUT2D eigenvalue weighted by Crippen LogP contribution is -2.11. The Labute approximate surface area is 92.1 Å². The van der Waals surface area contributed by atoms with Crippen LogP contribution in [0.2, 0.25) is 0 Å². The minimum Gasteiger partial charge on any atom is -0.355 e. The third-order valence-electron chi connectivity index (χ3n) is 2.78. The van der Waals surface area contributed by atoms with Crippen molar-refractivity contribution in [3.63, 3.8) is 0 Å². The summed E-state index contributed by atoms with van der Waals surface area (Å²) in [5.74, 6) is 2.56. The van der Waals surface area contributed by atoms with Crippen molar-refractivity contribution in [2.75, 3.05) is 11.9 Å². The van der Waals surface area contributed by atoms with Crippen LogP contribution in [-0.2, 0) is 6.54 Å². The highest BCUT2D eigenvalue weighted by atomic mass is 15.3. The fourth-order valence-corrected chi connectivity index (χ4v) is 1.87. The summed E-state index contributed by atoms with van der Waals surface area (Å²) in [6.07, 6.45) is 2.25. The number of rotatable bonds is 6. The summed E-state index contributed by atoms with van der Waals surface area (Å²) in [4.78, 5) is 0. The van der Waals surface area contributed by atoms with Crippen LogP contribution in [0.5, 0.6) is 0 Å².